The van der Waals surface area contributed by atoms with Gasteiger partial charge in [-0.25, -0.2) is 0 Å². The van der Waals surface area contributed by atoms with Crippen molar-refractivity contribution in [2.45, 2.75) is 18.9 Å². The largest absolute Gasteiger partial charge is 0.497 e. The first-order valence-corrected chi connectivity index (χ1v) is 7.19. The summed E-state index contributed by atoms with van der Waals surface area (Å²) in [7, 11) is 3.55. The molecule has 1 amide bonds. The molecule has 0 bridgehead atoms. The van der Waals surface area contributed by atoms with Gasteiger partial charge in [-0.2, -0.15) is 0 Å². The monoisotopic (exact) mass is 281 g/mol. The fourth-order valence-electron chi connectivity index (χ4n) is 2.98. The summed E-state index contributed by atoms with van der Waals surface area (Å²) >= 11 is 0. The van der Waals surface area contributed by atoms with Gasteiger partial charge in [0.05, 0.1) is 13.2 Å². The van der Waals surface area contributed by atoms with Gasteiger partial charge in [-0.1, -0.05) is 30.3 Å². The molecule has 21 heavy (non-hydrogen) atoms. The molecule has 1 heterocycles. The zero-order chi connectivity index (χ0) is 14.8. The highest BCUT2D eigenvalue weighted by atomic mass is 16.5. The number of methoxy groups -OCH3 is 1. The number of benzene rings is 2. The highest BCUT2D eigenvalue weighted by Crippen LogP contribution is 2.31. The SMILES string of the molecule is COc1ccc(C2CCc3ccccc3C(=O)N2C)cc1. The lowest BCUT2D eigenvalue weighted by atomic mass is 9.99. The van der Waals surface area contributed by atoms with Gasteiger partial charge in [0.15, 0.2) is 0 Å². The molecule has 0 saturated carbocycles. The van der Waals surface area contributed by atoms with E-state index in [1.54, 1.807) is 7.11 Å². The van der Waals surface area contributed by atoms with Gasteiger partial charge in [-0.15, -0.1) is 0 Å². The number of rotatable bonds is 2. The molecule has 0 saturated heterocycles. The third-order valence-corrected chi connectivity index (χ3v) is 4.22. The number of ether oxygens (including phenoxy) is 1. The molecule has 0 fully saturated rings. The minimum atomic E-state index is 0.101. The fraction of sp³-hybridized carbons (Fsp3) is 0.278. The van der Waals surface area contributed by atoms with Crippen LogP contribution in [-0.2, 0) is 6.42 Å². The van der Waals surface area contributed by atoms with E-state index in [1.165, 1.54) is 0 Å². The molecule has 1 aliphatic rings. The molecular formula is C18H19NO2. The molecule has 0 aromatic heterocycles. The molecule has 1 aliphatic heterocycles. The van der Waals surface area contributed by atoms with Gasteiger partial charge >= 0.3 is 0 Å². The molecule has 3 nitrogen and oxygen atoms in total. The Bertz CT molecular complexity index is 649. The summed E-state index contributed by atoms with van der Waals surface area (Å²) in [5, 5.41) is 0. The second-order valence-corrected chi connectivity index (χ2v) is 5.40. The van der Waals surface area contributed by atoms with Crippen molar-refractivity contribution in [3.8, 4) is 5.75 Å². The van der Waals surface area contributed by atoms with Crippen molar-refractivity contribution in [3.05, 3.63) is 65.2 Å². The quantitative estimate of drug-likeness (QED) is 0.843. The van der Waals surface area contributed by atoms with Gasteiger partial charge in [0, 0.05) is 12.6 Å². The average molecular weight is 281 g/mol. The Balaban J connectivity index is 1.93. The van der Waals surface area contributed by atoms with E-state index in [0.29, 0.717) is 0 Å². The van der Waals surface area contributed by atoms with Crippen LogP contribution in [0.5, 0.6) is 5.75 Å². The van der Waals surface area contributed by atoms with Gasteiger partial charge in [-0.05, 0) is 42.2 Å². The highest BCUT2D eigenvalue weighted by Gasteiger charge is 2.27. The van der Waals surface area contributed by atoms with Gasteiger partial charge in [-0.3, -0.25) is 4.79 Å². The zero-order valence-electron chi connectivity index (χ0n) is 12.4. The maximum absolute atomic E-state index is 12.6. The maximum atomic E-state index is 12.6. The number of carbonyl (C=O) groups is 1. The molecular weight excluding hydrogens is 262 g/mol. The second kappa shape index (κ2) is 5.60. The summed E-state index contributed by atoms with van der Waals surface area (Å²) in [6.07, 6.45) is 1.86. The number of carbonyl (C=O) groups excluding carboxylic acids is 1. The van der Waals surface area contributed by atoms with Crippen molar-refractivity contribution in [2.75, 3.05) is 14.2 Å². The lowest BCUT2D eigenvalue weighted by Crippen LogP contribution is -2.29. The summed E-state index contributed by atoms with van der Waals surface area (Å²) in [5.41, 5.74) is 3.13. The maximum Gasteiger partial charge on any atom is 0.254 e. The minimum absolute atomic E-state index is 0.101. The summed E-state index contributed by atoms with van der Waals surface area (Å²) in [6.45, 7) is 0. The summed E-state index contributed by atoms with van der Waals surface area (Å²) in [4.78, 5) is 14.5. The number of fused-ring (bicyclic) bond motifs is 1. The molecule has 0 spiro atoms. The Kier molecular flexibility index (Phi) is 3.65. The normalized spacial score (nSPS) is 18.1. The van der Waals surface area contributed by atoms with E-state index in [2.05, 4.69) is 6.07 Å². The fourth-order valence-corrected chi connectivity index (χ4v) is 2.98. The first-order valence-electron chi connectivity index (χ1n) is 7.19. The highest BCUT2D eigenvalue weighted by molar-refractivity contribution is 5.96. The van der Waals surface area contributed by atoms with Crippen LogP contribution in [-0.4, -0.2) is 25.0 Å². The number of hydrogen-bond donors (Lipinski definition) is 0. The predicted molar refractivity (Wildman–Crippen MR) is 82.6 cm³/mol. The lowest BCUT2D eigenvalue weighted by Gasteiger charge is -2.26. The number of amides is 1. The third-order valence-electron chi connectivity index (χ3n) is 4.22. The van der Waals surface area contributed by atoms with Gasteiger partial charge in [0.25, 0.3) is 5.91 Å². The van der Waals surface area contributed by atoms with E-state index in [0.717, 1.165) is 35.3 Å². The first-order chi connectivity index (χ1) is 10.2. The molecule has 1 unspecified atom stereocenters. The van der Waals surface area contributed by atoms with Crippen molar-refractivity contribution < 1.29 is 9.53 Å². The van der Waals surface area contributed by atoms with Crippen LogP contribution >= 0.6 is 0 Å². The molecule has 1 atom stereocenters. The molecule has 0 aliphatic carbocycles. The van der Waals surface area contributed by atoms with E-state index in [1.807, 2.05) is 54.4 Å². The molecule has 2 aromatic carbocycles. The Morgan fingerprint density at radius 2 is 1.81 bits per heavy atom. The zero-order valence-corrected chi connectivity index (χ0v) is 12.4. The van der Waals surface area contributed by atoms with E-state index in [4.69, 9.17) is 4.74 Å². The van der Waals surface area contributed by atoms with Crippen LogP contribution in [0.1, 0.15) is 33.9 Å². The van der Waals surface area contributed by atoms with Crippen LogP contribution < -0.4 is 4.74 Å². The van der Waals surface area contributed by atoms with Crippen LogP contribution in [0.4, 0.5) is 0 Å². The van der Waals surface area contributed by atoms with E-state index in [9.17, 15) is 4.79 Å². The smallest absolute Gasteiger partial charge is 0.254 e. The summed E-state index contributed by atoms with van der Waals surface area (Å²) in [6, 6.07) is 16.0. The topological polar surface area (TPSA) is 29.5 Å². The number of nitrogens with zero attached hydrogens (tertiary/aromatic N) is 1. The van der Waals surface area contributed by atoms with E-state index >= 15 is 0 Å². The Morgan fingerprint density at radius 3 is 2.52 bits per heavy atom. The molecule has 0 N–H and O–H groups in total. The van der Waals surface area contributed by atoms with Gasteiger partial charge in [0.2, 0.25) is 0 Å². The molecule has 2 aromatic rings. The molecule has 108 valence electrons. The van der Waals surface area contributed by atoms with Gasteiger partial charge < -0.3 is 9.64 Å². The van der Waals surface area contributed by atoms with Crippen molar-refractivity contribution in [1.82, 2.24) is 4.90 Å². The van der Waals surface area contributed by atoms with Gasteiger partial charge in [0.1, 0.15) is 5.75 Å². The van der Waals surface area contributed by atoms with E-state index < -0.39 is 0 Å². The number of aryl methyl sites for hydroxylation is 1. The Hall–Kier alpha value is -2.29. The van der Waals surface area contributed by atoms with Crippen molar-refractivity contribution in [3.63, 3.8) is 0 Å². The third kappa shape index (κ3) is 2.51. The van der Waals surface area contributed by atoms with Crippen molar-refractivity contribution in [1.29, 1.82) is 0 Å². The van der Waals surface area contributed by atoms with Crippen molar-refractivity contribution >= 4 is 5.91 Å². The van der Waals surface area contributed by atoms with Crippen molar-refractivity contribution in [2.24, 2.45) is 0 Å². The molecule has 0 radical (unpaired) electrons. The number of hydrogen-bond acceptors (Lipinski definition) is 2. The molecule has 3 heteroatoms. The standard InChI is InChI=1S/C18H19NO2/c1-19-17(14-7-10-15(21-2)11-8-14)12-9-13-5-3-4-6-16(13)18(19)20/h3-8,10-11,17H,9,12H2,1-2H3. The first kappa shape index (κ1) is 13.7. The Morgan fingerprint density at radius 1 is 1.10 bits per heavy atom. The second-order valence-electron chi connectivity index (χ2n) is 5.40. The summed E-state index contributed by atoms with van der Waals surface area (Å²) < 4.78 is 5.20. The minimum Gasteiger partial charge on any atom is -0.497 e. The average Bonchev–Trinajstić information content (AvgIpc) is 2.66. The van der Waals surface area contributed by atoms with Crippen LogP contribution in [0, 0.1) is 0 Å². The Labute approximate surface area is 125 Å². The van der Waals surface area contributed by atoms with Crippen LogP contribution in [0.15, 0.2) is 48.5 Å². The van der Waals surface area contributed by atoms with E-state index in [-0.39, 0.29) is 11.9 Å². The van der Waals surface area contributed by atoms with Crippen LogP contribution in [0.2, 0.25) is 0 Å². The summed E-state index contributed by atoms with van der Waals surface area (Å²) in [5.74, 6) is 0.938. The van der Waals surface area contributed by atoms with Crippen LogP contribution in [0.3, 0.4) is 0 Å². The lowest BCUT2D eigenvalue weighted by molar-refractivity contribution is 0.0733. The van der Waals surface area contributed by atoms with Crippen LogP contribution in [0.25, 0.3) is 0 Å². The predicted octanol–water partition coefficient (Wildman–Crippen LogP) is 3.45. The molecule has 3 rings (SSSR count).